The smallest absolute Gasteiger partial charge is 0.153 e. The van der Waals surface area contributed by atoms with Crippen LogP contribution in [-0.2, 0) is 16.4 Å². The lowest BCUT2D eigenvalue weighted by atomic mass is 9.73. The predicted octanol–water partition coefficient (Wildman–Crippen LogP) is 3.91. The van der Waals surface area contributed by atoms with Crippen molar-refractivity contribution < 1.29 is 8.42 Å². The van der Waals surface area contributed by atoms with Crippen LogP contribution in [0.15, 0.2) is 6.07 Å². The van der Waals surface area contributed by atoms with Gasteiger partial charge in [-0.1, -0.05) is 13.8 Å². The van der Waals surface area contributed by atoms with E-state index in [9.17, 15) is 8.42 Å². The molecule has 4 rings (SSSR count). The third-order valence-electron chi connectivity index (χ3n) is 6.26. The summed E-state index contributed by atoms with van der Waals surface area (Å²) in [6, 6.07) is 2.42. The van der Waals surface area contributed by atoms with Gasteiger partial charge >= 0.3 is 0 Å². The number of fused-ring (bicyclic) bond motifs is 1. The van der Waals surface area contributed by atoms with E-state index in [0.717, 1.165) is 21.7 Å². The molecule has 1 aliphatic carbocycles. The van der Waals surface area contributed by atoms with Crippen molar-refractivity contribution in [2.24, 2.45) is 5.41 Å². The van der Waals surface area contributed by atoms with Crippen LogP contribution >= 0.6 is 11.3 Å². The van der Waals surface area contributed by atoms with Crippen LogP contribution in [0.5, 0.6) is 0 Å². The van der Waals surface area contributed by atoms with Gasteiger partial charge in [0.2, 0.25) is 0 Å². The average Bonchev–Trinajstić information content (AvgIpc) is 2.96. The third kappa shape index (κ3) is 4.05. The number of nitrogens with zero attached hydrogens (tertiary/aromatic N) is 3. The molecule has 2 aromatic rings. The van der Waals surface area contributed by atoms with Gasteiger partial charge in [-0.2, -0.15) is 0 Å². The van der Waals surface area contributed by atoms with E-state index in [1.807, 2.05) is 25.3 Å². The molecule has 5 nitrogen and oxygen atoms in total. The molecule has 0 bridgehead atoms. The Bertz CT molecular complexity index is 943. The number of hydrogen-bond donors (Lipinski definition) is 0. The highest BCUT2D eigenvalue weighted by atomic mass is 32.2. The van der Waals surface area contributed by atoms with Crippen molar-refractivity contribution in [1.82, 2.24) is 14.9 Å². The molecule has 0 N–H and O–H groups in total. The molecule has 7 heteroatoms. The normalized spacial score (nSPS) is 23.0. The highest BCUT2D eigenvalue weighted by molar-refractivity contribution is 7.92. The number of sulfone groups is 1. The Balaban J connectivity index is 1.57. The Hall–Kier alpha value is -1.05. The minimum absolute atomic E-state index is 0.110. The molecular formula is C20H29N3O2S2. The van der Waals surface area contributed by atoms with E-state index < -0.39 is 9.84 Å². The van der Waals surface area contributed by atoms with Gasteiger partial charge in [0.05, 0.1) is 17.2 Å². The predicted molar refractivity (Wildman–Crippen MR) is 111 cm³/mol. The Morgan fingerprint density at radius 3 is 2.52 bits per heavy atom. The highest BCUT2D eigenvalue weighted by Crippen LogP contribution is 2.45. The van der Waals surface area contributed by atoms with Gasteiger partial charge in [-0.3, -0.25) is 4.90 Å². The Labute approximate surface area is 166 Å². The lowest BCUT2D eigenvalue weighted by Gasteiger charge is -2.34. The molecule has 148 valence electrons. The van der Waals surface area contributed by atoms with Crippen molar-refractivity contribution in [2.45, 2.75) is 65.0 Å². The number of aromatic nitrogens is 2. The summed E-state index contributed by atoms with van der Waals surface area (Å²) in [5.74, 6) is 1.97. The van der Waals surface area contributed by atoms with Gasteiger partial charge in [0.25, 0.3) is 0 Å². The zero-order valence-electron chi connectivity index (χ0n) is 16.7. The molecule has 3 heterocycles. The summed E-state index contributed by atoms with van der Waals surface area (Å²) in [5, 5.41) is 1.15. The fourth-order valence-corrected chi connectivity index (χ4v) is 7.13. The molecule has 0 spiro atoms. The van der Waals surface area contributed by atoms with E-state index in [4.69, 9.17) is 4.98 Å². The van der Waals surface area contributed by atoms with E-state index >= 15 is 0 Å². The Kier molecular flexibility index (Phi) is 4.84. The van der Waals surface area contributed by atoms with E-state index in [2.05, 4.69) is 29.8 Å². The van der Waals surface area contributed by atoms with Gasteiger partial charge in [-0.05, 0) is 57.1 Å². The molecule has 0 atom stereocenters. The molecule has 2 aliphatic rings. The van der Waals surface area contributed by atoms with Gasteiger partial charge < -0.3 is 0 Å². The largest absolute Gasteiger partial charge is 0.296 e. The van der Waals surface area contributed by atoms with Gasteiger partial charge in [0.1, 0.15) is 10.7 Å². The van der Waals surface area contributed by atoms with E-state index in [1.165, 1.54) is 30.6 Å². The summed E-state index contributed by atoms with van der Waals surface area (Å²) >= 11 is 1.82. The van der Waals surface area contributed by atoms with Gasteiger partial charge in [-0.25, -0.2) is 18.4 Å². The molecule has 1 saturated heterocycles. The second-order valence-corrected chi connectivity index (χ2v) is 12.4. The summed E-state index contributed by atoms with van der Waals surface area (Å²) in [4.78, 5) is 14.0. The monoisotopic (exact) mass is 407 g/mol. The fraction of sp³-hybridized carbons (Fsp3) is 0.700. The van der Waals surface area contributed by atoms with Crippen molar-refractivity contribution in [3.8, 4) is 0 Å². The minimum Gasteiger partial charge on any atom is -0.296 e. The number of rotatable bonds is 4. The zero-order valence-corrected chi connectivity index (χ0v) is 18.3. The summed E-state index contributed by atoms with van der Waals surface area (Å²) in [5.41, 5.74) is 1.50. The maximum absolute atomic E-state index is 11.5. The zero-order chi connectivity index (χ0) is 19.4. The molecule has 0 radical (unpaired) electrons. The second-order valence-electron chi connectivity index (χ2n) is 9.17. The number of hydrogen-bond acceptors (Lipinski definition) is 6. The first-order chi connectivity index (χ1) is 12.6. The first kappa shape index (κ1) is 19.3. The molecule has 0 unspecified atom stereocenters. The first-order valence-electron chi connectivity index (χ1n) is 9.79. The van der Waals surface area contributed by atoms with Crippen molar-refractivity contribution in [3.05, 3.63) is 22.5 Å². The Morgan fingerprint density at radius 1 is 1.22 bits per heavy atom. The van der Waals surface area contributed by atoms with Crippen molar-refractivity contribution in [3.63, 3.8) is 0 Å². The van der Waals surface area contributed by atoms with Crippen LogP contribution in [-0.4, -0.2) is 47.9 Å². The highest BCUT2D eigenvalue weighted by Gasteiger charge is 2.36. The number of aryl methyl sites for hydroxylation is 1. The van der Waals surface area contributed by atoms with Crippen LogP contribution in [0.1, 0.15) is 61.8 Å². The van der Waals surface area contributed by atoms with Crippen LogP contribution in [0, 0.1) is 12.3 Å². The molecule has 2 fully saturated rings. The standard InChI is InChI=1S/C20H29N3O2S2/c1-13-21-17(10-23(4)15-11-27(24,25)12-15)16-9-18(26-19(16)22-13)14-5-7-20(2,3)8-6-14/h9,14-15H,5-8,10-12H2,1-4H3. The van der Waals surface area contributed by atoms with Crippen molar-refractivity contribution >= 4 is 31.4 Å². The summed E-state index contributed by atoms with van der Waals surface area (Å²) < 4.78 is 23.0. The fourth-order valence-electron chi connectivity index (χ4n) is 4.28. The second kappa shape index (κ2) is 6.78. The molecular weight excluding hydrogens is 378 g/mol. The molecule has 0 aromatic carbocycles. The number of thiophene rings is 1. The third-order valence-corrected chi connectivity index (χ3v) is 9.24. The van der Waals surface area contributed by atoms with Gasteiger partial charge in [0, 0.05) is 22.8 Å². The van der Waals surface area contributed by atoms with Crippen LogP contribution in [0.4, 0.5) is 0 Å². The minimum atomic E-state index is -2.81. The summed E-state index contributed by atoms with van der Waals surface area (Å²) in [7, 11) is -0.812. The lowest BCUT2D eigenvalue weighted by molar-refractivity contribution is 0.226. The van der Waals surface area contributed by atoms with Crippen molar-refractivity contribution in [1.29, 1.82) is 0 Å². The molecule has 2 aromatic heterocycles. The Morgan fingerprint density at radius 2 is 1.89 bits per heavy atom. The topological polar surface area (TPSA) is 63.2 Å². The quantitative estimate of drug-likeness (QED) is 0.769. The van der Waals surface area contributed by atoms with Crippen LogP contribution in [0.3, 0.4) is 0 Å². The maximum Gasteiger partial charge on any atom is 0.153 e. The van der Waals surface area contributed by atoms with Gasteiger partial charge in [0.15, 0.2) is 9.84 Å². The van der Waals surface area contributed by atoms with Crippen molar-refractivity contribution in [2.75, 3.05) is 18.6 Å². The summed E-state index contributed by atoms with van der Waals surface area (Å²) in [6.45, 7) is 7.36. The molecule has 0 amide bonds. The molecule has 1 saturated carbocycles. The molecule has 1 aliphatic heterocycles. The lowest BCUT2D eigenvalue weighted by Crippen LogP contribution is -2.51. The van der Waals surface area contributed by atoms with E-state index in [-0.39, 0.29) is 17.5 Å². The van der Waals surface area contributed by atoms with Gasteiger partial charge in [-0.15, -0.1) is 11.3 Å². The van der Waals surface area contributed by atoms with E-state index in [0.29, 0.717) is 17.9 Å². The van der Waals surface area contributed by atoms with Crippen LogP contribution in [0.25, 0.3) is 10.2 Å². The first-order valence-corrected chi connectivity index (χ1v) is 12.4. The average molecular weight is 408 g/mol. The van der Waals surface area contributed by atoms with Crippen LogP contribution in [0.2, 0.25) is 0 Å². The summed E-state index contributed by atoms with van der Waals surface area (Å²) in [6.07, 6.45) is 5.06. The molecule has 27 heavy (non-hydrogen) atoms. The maximum atomic E-state index is 11.5. The SMILES string of the molecule is Cc1nc(CN(C)C2CS(=O)(=O)C2)c2cc(C3CCC(C)(C)CC3)sc2n1. The van der Waals surface area contributed by atoms with E-state index in [1.54, 1.807) is 0 Å². The van der Waals surface area contributed by atoms with Crippen LogP contribution < -0.4 is 0 Å².